The summed E-state index contributed by atoms with van der Waals surface area (Å²) in [5, 5.41) is 5.74. The van der Waals surface area contributed by atoms with Gasteiger partial charge in [-0.25, -0.2) is 0 Å². The number of aliphatic imine (C=N–C) groups is 1. The molecule has 1 unspecified atom stereocenters. The van der Waals surface area contributed by atoms with Gasteiger partial charge in [0.05, 0.1) is 6.54 Å². The molecule has 1 aliphatic rings. The molecule has 1 aromatic heterocycles. The summed E-state index contributed by atoms with van der Waals surface area (Å²) in [6, 6.07) is 12.9. The number of thiophene rings is 1. The van der Waals surface area contributed by atoms with E-state index in [0.717, 1.165) is 25.9 Å². The third kappa shape index (κ3) is 4.05. The van der Waals surface area contributed by atoms with Crippen LogP contribution in [0.25, 0.3) is 0 Å². The number of nitrogens with zero attached hydrogens (tertiary/aromatic N) is 1. The molecular weight excluding hydrogens is 310 g/mol. The van der Waals surface area contributed by atoms with E-state index in [4.69, 9.17) is 5.73 Å². The molecule has 3 N–H and O–H groups in total. The van der Waals surface area contributed by atoms with Gasteiger partial charge >= 0.3 is 0 Å². The lowest BCUT2D eigenvalue weighted by Crippen LogP contribution is -2.33. The fourth-order valence-electron chi connectivity index (χ4n) is 2.63. The van der Waals surface area contributed by atoms with Gasteiger partial charge < -0.3 is 11.1 Å². The topological polar surface area (TPSA) is 50.4 Å². The molecular formula is C17H21N3S2. The highest BCUT2D eigenvalue weighted by Gasteiger charge is 2.19. The summed E-state index contributed by atoms with van der Waals surface area (Å²) in [5.41, 5.74) is 8.87. The van der Waals surface area contributed by atoms with Crippen LogP contribution in [0.5, 0.6) is 0 Å². The van der Waals surface area contributed by atoms with Crippen molar-refractivity contribution in [2.45, 2.75) is 18.1 Å². The van der Waals surface area contributed by atoms with Crippen LogP contribution in [0, 0.1) is 0 Å². The third-order valence-electron chi connectivity index (χ3n) is 3.78. The van der Waals surface area contributed by atoms with Crippen molar-refractivity contribution in [1.82, 2.24) is 5.32 Å². The van der Waals surface area contributed by atoms with Crippen LogP contribution in [0.1, 0.15) is 21.3 Å². The summed E-state index contributed by atoms with van der Waals surface area (Å²) in [5.74, 6) is 1.73. The molecule has 0 aliphatic carbocycles. The van der Waals surface area contributed by atoms with Gasteiger partial charge in [0.1, 0.15) is 0 Å². The lowest BCUT2D eigenvalue weighted by Gasteiger charge is -2.23. The maximum atomic E-state index is 5.98. The molecule has 1 aliphatic heterocycles. The largest absolute Gasteiger partial charge is 0.370 e. The van der Waals surface area contributed by atoms with Crippen LogP contribution in [0.2, 0.25) is 0 Å². The Hall–Kier alpha value is -1.46. The quantitative estimate of drug-likeness (QED) is 0.653. The number of guanidine groups is 1. The zero-order valence-corrected chi connectivity index (χ0v) is 14.1. The van der Waals surface area contributed by atoms with Gasteiger partial charge in [-0.15, -0.1) is 11.3 Å². The minimum Gasteiger partial charge on any atom is -0.370 e. The number of benzene rings is 1. The summed E-state index contributed by atoms with van der Waals surface area (Å²) in [6.45, 7) is 1.59. The van der Waals surface area contributed by atoms with Crippen LogP contribution in [0.4, 0.5) is 0 Å². The van der Waals surface area contributed by atoms with Crippen LogP contribution < -0.4 is 11.1 Å². The van der Waals surface area contributed by atoms with Gasteiger partial charge in [-0.05, 0) is 41.2 Å². The molecule has 3 nitrogen and oxygen atoms in total. The van der Waals surface area contributed by atoms with Crippen molar-refractivity contribution in [3.63, 3.8) is 0 Å². The zero-order chi connectivity index (χ0) is 15.2. The molecule has 5 heteroatoms. The highest BCUT2D eigenvalue weighted by molar-refractivity contribution is 7.99. The first-order valence-electron chi connectivity index (χ1n) is 7.58. The zero-order valence-electron chi connectivity index (χ0n) is 12.5. The minimum absolute atomic E-state index is 0.433. The second kappa shape index (κ2) is 7.70. The van der Waals surface area contributed by atoms with Crippen molar-refractivity contribution in [2.75, 3.05) is 18.8 Å². The first-order valence-corrected chi connectivity index (χ1v) is 9.51. The maximum Gasteiger partial charge on any atom is 0.188 e. The summed E-state index contributed by atoms with van der Waals surface area (Å²) in [7, 11) is 0. The Kier molecular flexibility index (Phi) is 5.40. The number of thioether (sulfide) groups is 1. The van der Waals surface area contributed by atoms with Crippen molar-refractivity contribution >= 4 is 29.1 Å². The van der Waals surface area contributed by atoms with Crippen molar-refractivity contribution in [2.24, 2.45) is 10.7 Å². The van der Waals surface area contributed by atoms with E-state index >= 15 is 0 Å². The van der Waals surface area contributed by atoms with Crippen molar-refractivity contribution in [3.8, 4) is 0 Å². The summed E-state index contributed by atoms with van der Waals surface area (Å²) in [6.07, 6.45) is 2.16. The summed E-state index contributed by atoms with van der Waals surface area (Å²) >= 11 is 3.76. The van der Waals surface area contributed by atoms with Gasteiger partial charge in [-0.2, -0.15) is 11.8 Å². The van der Waals surface area contributed by atoms with Crippen LogP contribution in [-0.4, -0.2) is 24.8 Å². The van der Waals surface area contributed by atoms with E-state index in [0.29, 0.717) is 11.2 Å². The second-order valence-electron chi connectivity index (χ2n) is 5.29. The van der Waals surface area contributed by atoms with E-state index in [2.05, 4.69) is 52.1 Å². The van der Waals surface area contributed by atoms with E-state index in [1.807, 2.05) is 11.8 Å². The van der Waals surface area contributed by atoms with Crippen LogP contribution >= 0.6 is 23.1 Å². The molecule has 3 rings (SSSR count). The van der Waals surface area contributed by atoms with Crippen molar-refractivity contribution in [3.05, 3.63) is 57.8 Å². The number of nitrogens with one attached hydrogen (secondary N) is 1. The van der Waals surface area contributed by atoms with E-state index < -0.39 is 0 Å². The molecule has 0 radical (unpaired) electrons. The predicted molar refractivity (Wildman–Crippen MR) is 97.9 cm³/mol. The molecule has 0 bridgehead atoms. The first-order chi connectivity index (χ1) is 10.8. The molecule has 0 spiro atoms. The molecule has 2 heterocycles. The molecule has 0 fully saturated rings. The Labute approximate surface area is 140 Å². The van der Waals surface area contributed by atoms with Crippen LogP contribution in [0.3, 0.4) is 0 Å². The van der Waals surface area contributed by atoms with Gasteiger partial charge in [0.25, 0.3) is 0 Å². The number of nitrogens with two attached hydrogens (primary N) is 1. The Morgan fingerprint density at radius 1 is 1.27 bits per heavy atom. The third-order valence-corrected chi connectivity index (χ3v) is 5.96. The van der Waals surface area contributed by atoms with Crippen molar-refractivity contribution in [1.29, 1.82) is 0 Å². The lowest BCUT2D eigenvalue weighted by molar-refractivity contribution is 0.841. The highest BCUT2D eigenvalue weighted by Crippen LogP contribution is 2.36. The van der Waals surface area contributed by atoms with Gasteiger partial charge in [0.15, 0.2) is 5.96 Å². The van der Waals surface area contributed by atoms with E-state index in [-0.39, 0.29) is 0 Å². The molecule has 1 atom stereocenters. The fourth-order valence-corrected chi connectivity index (χ4v) is 4.55. The highest BCUT2D eigenvalue weighted by atomic mass is 32.2. The molecule has 0 saturated heterocycles. The Balaban J connectivity index is 1.51. The Bertz CT molecular complexity index is 623. The monoisotopic (exact) mass is 331 g/mol. The van der Waals surface area contributed by atoms with Gasteiger partial charge in [0.2, 0.25) is 0 Å². The molecule has 0 amide bonds. The SMILES string of the molecule is NC(=NCC1SCCc2ccccc21)NCCc1cccs1. The number of fused-ring (bicyclic) bond motifs is 1. The average molecular weight is 332 g/mol. The minimum atomic E-state index is 0.433. The lowest BCUT2D eigenvalue weighted by atomic mass is 10.0. The number of aryl methyl sites for hydroxylation is 1. The number of hydrogen-bond acceptors (Lipinski definition) is 3. The number of rotatable bonds is 5. The molecule has 2 aromatic rings. The van der Waals surface area contributed by atoms with Gasteiger partial charge in [-0.1, -0.05) is 30.3 Å². The van der Waals surface area contributed by atoms with E-state index in [1.54, 1.807) is 11.3 Å². The average Bonchev–Trinajstić information content (AvgIpc) is 3.06. The normalized spacial score (nSPS) is 18.0. The maximum absolute atomic E-state index is 5.98. The Morgan fingerprint density at radius 2 is 2.18 bits per heavy atom. The van der Waals surface area contributed by atoms with Crippen LogP contribution in [-0.2, 0) is 12.8 Å². The van der Waals surface area contributed by atoms with E-state index in [9.17, 15) is 0 Å². The molecule has 0 saturated carbocycles. The Morgan fingerprint density at radius 3 is 3.05 bits per heavy atom. The number of hydrogen-bond donors (Lipinski definition) is 2. The van der Waals surface area contributed by atoms with Gasteiger partial charge in [0, 0.05) is 16.7 Å². The smallest absolute Gasteiger partial charge is 0.188 e. The van der Waals surface area contributed by atoms with Crippen LogP contribution in [0.15, 0.2) is 46.8 Å². The summed E-state index contributed by atoms with van der Waals surface area (Å²) in [4.78, 5) is 5.90. The fraction of sp³-hybridized carbons (Fsp3) is 0.353. The van der Waals surface area contributed by atoms with Gasteiger partial charge in [-0.3, -0.25) is 4.99 Å². The predicted octanol–water partition coefficient (Wildman–Crippen LogP) is 3.23. The molecule has 1 aromatic carbocycles. The van der Waals surface area contributed by atoms with Crippen molar-refractivity contribution < 1.29 is 0 Å². The standard InChI is InChI=1S/C17H21N3S2/c18-17(19-9-7-14-5-3-10-21-14)20-12-16-15-6-2-1-4-13(15)8-11-22-16/h1-6,10,16H,7-9,11-12H2,(H3,18,19,20). The second-order valence-corrected chi connectivity index (χ2v) is 7.63. The summed E-state index contributed by atoms with van der Waals surface area (Å²) < 4.78 is 0. The molecule has 116 valence electrons. The first kappa shape index (κ1) is 15.4. The molecule has 22 heavy (non-hydrogen) atoms. The van der Waals surface area contributed by atoms with E-state index in [1.165, 1.54) is 21.8 Å².